The van der Waals surface area contributed by atoms with Crippen LogP contribution in [-0.2, 0) is 6.54 Å². The third kappa shape index (κ3) is 4.12. The van der Waals surface area contributed by atoms with Gasteiger partial charge in [0.25, 0.3) is 5.91 Å². The summed E-state index contributed by atoms with van der Waals surface area (Å²) in [5.74, 6) is 0.326. The second kappa shape index (κ2) is 7.62. The van der Waals surface area contributed by atoms with E-state index in [1.807, 2.05) is 48.5 Å². The van der Waals surface area contributed by atoms with Crippen molar-refractivity contribution in [2.45, 2.75) is 6.54 Å². The first-order valence-electron chi connectivity index (χ1n) is 7.52. The molecule has 0 saturated carbocycles. The van der Waals surface area contributed by atoms with E-state index in [2.05, 4.69) is 15.6 Å². The quantitative estimate of drug-likeness (QED) is 0.715. The van der Waals surface area contributed by atoms with E-state index in [-0.39, 0.29) is 5.91 Å². The van der Waals surface area contributed by atoms with Gasteiger partial charge < -0.3 is 10.6 Å². The molecule has 0 aliphatic rings. The van der Waals surface area contributed by atoms with Gasteiger partial charge in [-0.15, -0.1) is 0 Å². The number of aromatic nitrogens is 1. The Morgan fingerprint density at radius 2 is 1.71 bits per heavy atom. The molecule has 0 aliphatic heterocycles. The highest BCUT2D eigenvalue weighted by molar-refractivity contribution is 6.31. The highest BCUT2D eigenvalue weighted by Gasteiger charge is 2.06. The third-order valence-electron chi connectivity index (χ3n) is 3.48. The van der Waals surface area contributed by atoms with E-state index in [0.29, 0.717) is 17.9 Å². The number of amides is 1. The zero-order valence-electron chi connectivity index (χ0n) is 12.9. The van der Waals surface area contributed by atoms with Gasteiger partial charge in [-0.25, -0.2) is 4.98 Å². The Morgan fingerprint density at radius 1 is 0.958 bits per heavy atom. The molecule has 0 bridgehead atoms. The number of carbonyl (C=O) groups is 1. The molecule has 5 heteroatoms. The van der Waals surface area contributed by atoms with E-state index in [1.54, 1.807) is 24.4 Å². The molecule has 0 atom stereocenters. The summed E-state index contributed by atoms with van der Waals surface area (Å²) in [6, 6.07) is 20.3. The van der Waals surface area contributed by atoms with Crippen molar-refractivity contribution in [1.82, 2.24) is 4.98 Å². The van der Waals surface area contributed by atoms with Crippen molar-refractivity contribution in [3.8, 4) is 0 Å². The van der Waals surface area contributed by atoms with Gasteiger partial charge in [0.2, 0.25) is 0 Å². The molecule has 3 aromatic rings. The lowest BCUT2D eigenvalue weighted by Crippen LogP contribution is -2.12. The molecule has 2 aromatic carbocycles. The molecule has 0 radical (unpaired) electrons. The van der Waals surface area contributed by atoms with Crippen LogP contribution in [-0.4, -0.2) is 10.9 Å². The summed E-state index contributed by atoms with van der Waals surface area (Å²) in [5.41, 5.74) is 2.47. The fourth-order valence-electron chi connectivity index (χ4n) is 2.19. The first-order valence-corrected chi connectivity index (χ1v) is 7.90. The molecule has 0 saturated heterocycles. The van der Waals surface area contributed by atoms with Crippen LogP contribution in [0.3, 0.4) is 0 Å². The van der Waals surface area contributed by atoms with Crippen molar-refractivity contribution in [2.24, 2.45) is 0 Å². The molecule has 1 heterocycles. The second-order valence-corrected chi connectivity index (χ2v) is 5.60. The summed E-state index contributed by atoms with van der Waals surface area (Å²) < 4.78 is 0. The number of anilines is 2. The number of carbonyl (C=O) groups excluding carboxylic acids is 1. The fraction of sp³-hybridized carbons (Fsp3) is 0.0526. The second-order valence-electron chi connectivity index (χ2n) is 5.20. The molecular formula is C19H16ClN3O. The Bertz CT molecular complexity index is 820. The van der Waals surface area contributed by atoms with E-state index in [0.717, 1.165) is 16.3 Å². The van der Waals surface area contributed by atoms with Crippen LogP contribution in [0, 0.1) is 0 Å². The van der Waals surface area contributed by atoms with Crippen LogP contribution in [0.25, 0.3) is 0 Å². The molecule has 2 N–H and O–H groups in total. The van der Waals surface area contributed by atoms with E-state index >= 15 is 0 Å². The first-order chi connectivity index (χ1) is 11.7. The van der Waals surface area contributed by atoms with Crippen molar-refractivity contribution in [1.29, 1.82) is 0 Å². The molecule has 0 spiro atoms. The number of hydrogen-bond acceptors (Lipinski definition) is 3. The van der Waals surface area contributed by atoms with Crippen molar-refractivity contribution >= 4 is 29.0 Å². The standard InChI is InChI=1S/C19H16ClN3O/c20-17-9-5-4-8-15(17)12-21-16-10-11-18(22-13-16)23-19(24)14-6-2-1-3-7-14/h1-11,13,21H,12H2,(H,22,23,24). The van der Waals surface area contributed by atoms with Gasteiger partial charge in [0, 0.05) is 17.1 Å². The average molecular weight is 338 g/mol. The van der Waals surface area contributed by atoms with Crippen LogP contribution in [0.2, 0.25) is 5.02 Å². The minimum Gasteiger partial charge on any atom is -0.380 e. The average Bonchev–Trinajstić information content (AvgIpc) is 2.63. The maximum atomic E-state index is 12.1. The molecule has 1 aromatic heterocycles. The van der Waals surface area contributed by atoms with Gasteiger partial charge >= 0.3 is 0 Å². The van der Waals surface area contributed by atoms with E-state index < -0.39 is 0 Å². The van der Waals surface area contributed by atoms with Crippen LogP contribution >= 0.6 is 11.6 Å². The minimum atomic E-state index is -0.181. The summed E-state index contributed by atoms with van der Waals surface area (Å²) >= 11 is 6.13. The van der Waals surface area contributed by atoms with E-state index in [9.17, 15) is 4.79 Å². The van der Waals surface area contributed by atoms with Crippen molar-refractivity contribution < 1.29 is 4.79 Å². The predicted molar refractivity (Wildman–Crippen MR) is 97.4 cm³/mol. The first kappa shape index (κ1) is 16.0. The van der Waals surface area contributed by atoms with Gasteiger partial charge in [0.05, 0.1) is 11.9 Å². The van der Waals surface area contributed by atoms with Crippen LogP contribution in [0.4, 0.5) is 11.5 Å². The van der Waals surface area contributed by atoms with Gasteiger partial charge in [-0.3, -0.25) is 4.79 Å². The lowest BCUT2D eigenvalue weighted by Gasteiger charge is -2.09. The molecule has 0 fully saturated rings. The number of pyridine rings is 1. The maximum Gasteiger partial charge on any atom is 0.256 e. The Kier molecular flexibility index (Phi) is 5.08. The molecule has 3 rings (SSSR count). The van der Waals surface area contributed by atoms with Crippen LogP contribution in [0.5, 0.6) is 0 Å². The Balaban J connectivity index is 1.59. The minimum absolute atomic E-state index is 0.181. The number of nitrogens with one attached hydrogen (secondary N) is 2. The summed E-state index contributed by atoms with van der Waals surface area (Å²) in [6.45, 7) is 0.608. The largest absolute Gasteiger partial charge is 0.380 e. The third-order valence-corrected chi connectivity index (χ3v) is 3.85. The number of hydrogen-bond donors (Lipinski definition) is 2. The fourth-order valence-corrected chi connectivity index (χ4v) is 2.39. The molecular weight excluding hydrogens is 322 g/mol. The maximum absolute atomic E-state index is 12.1. The zero-order chi connectivity index (χ0) is 16.8. The monoisotopic (exact) mass is 337 g/mol. The van der Waals surface area contributed by atoms with Crippen LogP contribution < -0.4 is 10.6 Å². The van der Waals surface area contributed by atoms with Crippen LogP contribution in [0.1, 0.15) is 15.9 Å². The molecule has 0 unspecified atom stereocenters. The normalized spacial score (nSPS) is 10.2. The number of benzene rings is 2. The molecule has 4 nitrogen and oxygen atoms in total. The highest BCUT2D eigenvalue weighted by Crippen LogP contribution is 2.17. The number of halogens is 1. The predicted octanol–water partition coefficient (Wildman–Crippen LogP) is 4.60. The SMILES string of the molecule is O=C(Nc1ccc(NCc2ccccc2Cl)cn1)c1ccccc1. The Morgan fingerprint density at radius 3 is 2.42 bits per heavy atom. The molecule has 1 amide bonds. The molecule has 24 heavy (non-hydrogen) atoms. The van der Waals surface area contributed by atoms with Crippen molar-refractivity contribution in [2.75, 3.05) is 10.6 Å². The zero-order valence-corrected chi connectivity index (χ0v) is 13.6. The topological polar surface area (TPSA) is 54.0 Å². The van der Waals surface area contributed by atoms with Gasteiger partial charge in [-0.2, -0.15) is 0 Å². The lowest BCUT2D eigenvalue weighted by atomic mass is 10.2. The number of rotatable bonds is 5. The smallest absolute Gasteiger partial charge is 0.256 e. The summed E-state index contributed by atoms with van der Waals surface area (Å²) in [4.78, 5) is 16.3. The van der Waals surface area contributed by atoms with Gasteiger partial charge in [-0.05, 0) is 35.9 Å². The highest BCUT2D eigenvalue weighted by atomic mass is 35.5. The van der Waals surface area contributed by atoms with Gasteiger partial charge in [0.15, 0.2) is 0 Å². The van der Waals surface area contributed by atoms with Gasteiger partial charge in [0.1, 0.15) is 5.82 Å². The molecule has 0 aliphatic carbocycles. The van der Waals surface area contributed by atoms with Crippen LogP contribution in [0.15, 0.2) is 72.9 Å². The Labute approximate surface area is 145 Å². The summed E-state index contributed by atoms with van der Waals surface area (Å²) in [5, 5.41) is 6.75. The van der Waals surface area contributed by atoms with Gasteiger partial charge in [-0.1, -0.05) is 48.0 Å². The number of nitrogens with zero attached hydrogens (tertiary/aromatic N) is 1. The Hall–Kier alpha value is -2.85. The van der Waals surface area contributed by atoms with E-state index in [1.165, 1.54) is 0 Å². The lowest BCUT2D eigenvalue weighted by molar-refractivity contribution is 0.102. The van der Waals surface area contributed by atoms with Crippen molar-refractivity contribution in [3.05, 3.63) is 89.1 Å². The molecule has 120 valence electrons. The van der Waals surface area contributed by atoms with Crippen molar-refractivity contribution in [3.63, 3.8) is 0 Å². The summed E-state index contributed by atoms with van der Waals surface area (Å²) in [6.07, 6.45) is 1.68. The van der Waals surface area contributed by atoms with E-state index in [4.69, 9.17) is 11.6 Å². The summed E-state index contributed by atoms with van der Waals surface area (Å²) in [7, 11) is 0.